The number of nitrogens with two attached hydrogens (primary N) is 1. The highest BCUT2D eigenvalue weighted by Gasteiger charge is 2.46. The first-order chi connectivity index (χ1) is 11.4. The van der Waals surface area contributed by atoms with Crippen LogP contribution < -0.4 is 5.73 Å². The average Bonchev–Trinajstić information content (AvgIpc) is 3.01. The van der Waals surface area contributed by atoms with Crippen molar-refractivity contribution in [2.24, 2.45) is 0 Å². The molecule has 3 nitrogen and oxygen atoms in total. The van der Waals surface area contributed by atoms with Gasteiger partial charge in [0.1, 0.15) is 0 Å². The number of hydrogen-bond acceptors (Lipinski definition) is 2. The third-order valence-electron chi connectivity index (χ3n) is 4.75. The molecule has 0 amide bonds. The molecule has 0 bridgehead atoms. The Morgan fingerprint density at radius 1 is 0.875 bits per heavy atom. The molecule has 0 fully saturated rings. The molecule has 3 rings (SSSR count). The van der Waals surface area contributed by atoms with Gasteiger partial charge in [0.05, 0.1) is 17.4 Å². The van der Waals surface area contributed by atoms with Gasteiger partial charge in [-0.2, -0.15) is 0 Å². The molecule has 0 aliphatic carbocycles. The van der Waals surface area contributed by atoms with Crippen molar-refractivity contribution < 1.29 is 0 Å². The summed E-state index contributed by atoms with van der Waals surface area (Å²) in [6.45, 7) is 21.0. The topological polar surface area (TPSA) is 43.8 Å². The minimum atomic E-state index is -0.0999. The maximum atomic E-state index is 6.07. The fourth-order valence-electron chi connectivity index (χ4n) is 3.00. The van der Waals surface area contributed by atoms with Crippen LogP contribution >= 0.6 is 0 Å². The molecule has 2 N–H and O–H groups in total. The lowest BCUT2D eigenvalue weighted by Gasteiger charge is -2.48. The highest BCUT2D eigenvalue weighted by atomic mass is 15.2. The summed E-state index contributed by atoms with van der Waals surface area (Å²) in [7, 11) is 0. The third-order valence-corrected chi connectivity index (χ3v) is 4.75. The monoisotopic (exact) mass is 331 g/mol. The predicted molar refractivity (Wildman–Crippen MR) is 108 cm³/mol. The fourth-order valence-corrected chi connectivity index (χ4v) is 3.00. The van der Waals surface area contributed by atoms with Crippen LogP contribution in [0.15, 0.2) is 30.5 Å². The van der Waals surface area contributed by atoms with Crippen LogP contribution in [0.1, 0.15) is 74.8 Å². The van der Waals surface area contributed by atoms with E-state index in [0.717, 1.165) is 5.69 Å². The maximum Gasteiger partial charge on any atom is 0.201 e. The Kier molecular flexibility index (Phi) is 8.25. The van der Waals surface area contributed by atoms with Crippen molar-refractivity contribution in [2.75, 3.05) is 5.73 Å². The van der Waals surface area contributed by atoms with Crippen molar-refractivity contribution in [1.82, 2.24) is 9.55 Å². The molecule has 0 saturated heterocycles. The summed E-state index contributed by atoms with van der Waals surface area (Å²) in [4.78, 5) is 4.30. The largest absolute Gasteiger partial charge is 0.369 e. The second-order valence-electron chi connectivity index (χ2n) is 6.07. The molecular formula is C21H37N3. The van der Waals surface area contributed by atoms with Gasteiger partial charge in [-0.1, -0.05) is 79.7 Å². The van der Waals surface area contributed by atoms with Gasteiger partial charge >= 0.3 is 0 Å². The number of imidazole rings is 1. The SMILES string of the molecule is CC.CC.CC.CC1(C)c2ccccc2-c2cnc(N)n2C1(C)C. The molecule has 0 radical (unpaired) electrons. The summed E-state index contributed by atoms with van der Waals surface area (Å²) >= 11 is 0. The number of nitrogen functional groups attached to an aromatic ring is 1. The molecule has 1 aliphatic heterocycles. The minimum absolute atomic E-state index is 0.00537. The molecule has 24 heavy (non-hydrogen) atoms. The third kappa shape index (κ3) is 3.35. The first kappa shape index (κ1) is 22.2. The van der Waals surface area contributed by atoms with E-state index in [1.165, 1.54) is 11.1 Å². The summed E-state index contributed by atoms with van der Waals surface area (Å²) in [5.41, 5.74) is 9.70. The number of nitrogens with zero attached hydrogens (tertiary/aromatic N) is 2. The molecule has 2 heterocycles. The lowest BCUT2D eigenvalue weighted by Crippen LogP contribution is -2.48. The van der Waals surface area contributed by atoms with Crippen molar-refractivity contribution in [2.45, 2.75) is 80.2 Å². The van der Waals surface area contributed by atoms with Crippen molar-refractivity contribution in [3.05, 3.63) is 36.0 Å². The first-order valence-corrected chi connectivity index (χ1v) is 9.31. The molecule has 1 aromatic carbocycles. The summed E-state index contributed by atoms with van der Waals surface area (Å²) in [5.74, 6) is 0.595. The minimum Gasteiger partial charge on any atom is -0.369 e. The van der Waals surface area contributed by atoms with Crippen LogP contribution in [0.3, 0.4) is 0 Å². The van der Waals surface area contributed by atoms with E-state index in [-0.39, 0.29) is 11.0 Å². The van der Waals surface area contributed by atoms with Crippen LogP contribution in [0.25, 0.3) is 11.3 Å². The molecule has 0 unspecified atom stereocenters. The summed E-state index contributed by atoms with van der Waals surface area (Å²) in [5, 5.41) is 0. The smallest absolute Gasteiger partial charge is 0.201 e. The Balaban J connectivity index is 0.000000798. The Labute approximate surface area is 149 Å². The van der Waals surface area contributed by atoms with E-state index in [0.29, 0.717) is 5.95 Å². The van der Waals surface area contributed by atoms with Crippen LogP contribution in [0.4, 0.5) is 5.95 Å². The highest BCUT2D eigenvalue weighted by Crippen LogP contribution is 2.50. The van der Waals surface area contributed by atoms with Gasteiger partial charge in [-0.05, 0) is 19.4 Å². The Morgan fingerprint density at radius 3 is 1.92 bits per heavy atom. The van der Waals surface area contributed by atoms with Crippen molar-refractivity contribution in [3.8, 4) is 11.3 Å². The standard InChI is InChI=1S/C15H19N3.3C2H6/c1-14(2)11-8-6-5-7-10(11)12-9-17-13(16)18(12)15(14,3)4;3*1-2/h5-9H,1-4H3,(H2,16,17);3*1-2H3. The predicted octanol–water partition coefficient (Wildman–Crippen LogP) is 6.24. The van der Waals surface area contributed by atoms with E-state index >= 15 is 0 Å². The van der Waals surface area contributed by atoms with Crippen LogP contribution in [-0.4, -0.2) is 9.55 Å². The second-order valence-corrected chi connectivity index (χ2v) is 6.07. The van der Waals surface area contributed by atoms with Gasteiger partial charge in [-0.3, -0.25) is 0 Å². The zero-order chi connectivity index (χ0) is 19.1. The zero-order valence-electron chi connectivity index (χ0n) is 17.4. The molecule has 136 valence electrons. The van der Waals surface area contributed by atoms with Crippen LogP contribution in [-0.2, 0) is 11.0 Å². The van der Waals surface area contributed by atoms with E-state index in [9.17, 15) is 0 Å². The van der Waals surface area contributed by atoms with Gasteiger partial charge in [-0.15, -0.1) is 0 Å². The summed E-state index contributed by atoms with van der Waals surface area (Å²) < 4.78 is 2.16. The van der Waals surface area contributed by atoms with E-state index in [1.54, 1.807) is 0 Å². The Hall–Kier alpha value is -1.77. The van der Waals surface area contributed by atoms with E-state index in [4.69, 9.17) is 5.73 Å². The molecule has 1 aromatic heterocycles. The molecule has 0 spiro atoms. The van der Waals surface area contributed by atoms with Gasteiger partial charge in [0.2, 0.25) is 5.95 Å². The van der Waals surface area contributed by atoms with E-state index < -0.39 is 0 Å². The number of fused-ring (bicyclic) bond motifs is 3. The average molecular weight is 332 g/mol. The van der Waals surface area contributed by atoms with Gasteiger partial charge < -0.3 is 10.3 Å². The summed E-state index contributed by atoms with van der Waals surface area (Å²) in [6, 6.07) is 8.54. The molecule has 3 heteroatoms. The van der Waals surface area contributed by atoms with Crippen LogP contribution in [0.2, 0.25) is 0 Å². The Morgan fingerprint density at radius 2 is 1.38 bits per heavy atom. The number of aromatic nitrogens is 2. The van der Waals surface area contributed by atoms with Crippen LogP contribution in [0.5, 0.6) is 0 Å². The maximum absolute atomic E-state index is 6.07. The first-order valence-electron chi connectivity index (χ1n) is 9.31. The molecule has 1 aliphatic rings. The van der Waals surface area contributed by atoms with Crippen molar-refractivity contribution >= 4 is 5.95 Å². The number of benzene rings is 1. The lowest BCUT2D eigenvalue weighted by atomic mass is 9.65. The second kappa shape index (κ2) is 8.91. The highest BCUT2D eigenvalue weighted by molar-refractivity contribution is 5.70. The number of anilines is 1. The van der Waals surface area contributed by atoms with E-state index in [2.05, 4.69) is 61.5 Å². The quantitative estimate of drug-likeness (QED) is 0.621. The fraction of sp³-hybridized carbons (Fsp3) is 0.571. The van der Waals surface area contributed by atoms with Gasteiger partial charge in [0.15, 0.2) is 0 Å². The van der Waals surface area contributed by atoms with Crippen molar-refractivity contribution in [1.29, 1.82) is 0 Å². The lowest BCUT2D eigenvalue weighted by molar-refractivity contribution is 0.199. The van der Waals surface area contributed by atoms with Crippen LogP contribution in [0, 0.1) is 0 Å². The summed E-state index contributed by atoms with van der Waals surface area (Å²) in [6.07, 6.45) is 1.88. The van der Waals surface area contributed by atoms with Gasteiger partial charge in [0.25, 0.3) is 0 Å². The normalized spacial score (nSPS) is 15.1. The van der Waals surface area contributed by atoms with Gasteiger partial charge in [0, 0.05) is 11.0 Å². The molecular weight excluding hydrogens is 294 g/mol. The number of hydrogen-bond donors (Lipinski definition) is 1. The van der Waals surface area contributed by atoms with Crippen molar-refractivity contribution in [3.63, 3.8) is 0 Å². The zero-order valence-corrected chi connectivity index (χ0v) is 17.4. The van der Waals surface area contributed by atoms with E-state index in [1.807, 2.05) is 47.7 Å². The molecule has 0 saturated carbocycles. The van der Waals surface area contributed by atoms with Gasteiger partial charge in [-0.25, -0.2) is 4.98 Å². The number of rotatable bonds is 0. The molecule has 0 atom stereocenters. The Bertz CT molecular complexity index is 622. The molecule has 2 aromatic rings.